The zero-order valence-corrected chi connectivity index (χ0v) is 22.5. The molecule has 0 aliphatic carbocycles. The number of esters is 1. The highest BCUT2D eigenvalue weighted by Crippen LogP contribution is 2.31. The minimum absolute atomic E-state index is 0.110. The number of halogens is 1. The van der Waals surface area contributed by atoms with Crippen molar-refractivity contribution in [2.45, 2.75) is 52.4 Å². The molecule has 0 radical (unpaired) electrons. The molecule has 188 valence electrons. The summed E-state index contributed by atoms with van der Waals surface area (Å²) in [4.78, 5) is 39.0. The number of hydrogen-bond acceptors (Lipinski definition) is 5. The Kier molecular flexibility index (Phi) is 10.4. The summed E-state index contributed by atoms with van der Waals surface area (Å²) < 4.78 is 11.6. The zero-order valence-electron chi connectivity index (χ0n) is 20.3. The molecule has 0 spiro atoms. The molecule has 2 aromatic rings. The van der Waals surface area contributed by atoms with Crippen LogP contribution in [0.4, 0.5) is 5.69 Å². The average molecular weight is 592 g/mol. The van der Waals surface area contributed by atoms with Gasteiger partial charge < -0.3 is 19.7 Å². The second-order valence-corrected chi connectivity index (χ2v) is 9.76. The van der Waals surface area contributed by atoms with Gasteiger partial charge in [0.15, 0.2) is 5.75 Å². The lowest BCUT2D eigenvalue weighted by Gasteiger charge is -2.32. The molecule has 0 atom stereocenters. The van der Waals surface area contributed by atoms with E-state index < -0.39 is 0 Å². The standard InChI is InChI=1S/C27H33IN2O5/c1-3-26(33)35-27-22(28)6-5-7-23(27)29-24(31)18-20-14-16-30(17-15-20)25(32)13-10-19-8-11-21(12-9-19)34-4-2/h5-9,11-12,20H,3-4,10,13-18H2,1-2H3,(H,29,31). The summed E-state index contributed by atoms with van der Waals surface area (Å²) in [5, 5.41) is 2.90. The van der Waals surface area contributed by atoms with E-state index >= 15 is 0 Å². The lowest BCUT2D eigenvalue weighted by Crippen LogP contribution is -2.39. The normalized spacial score (nSPS) is 13.9. The van der Waals surface area contributed by atoms with Crippen LogP contribution in [-0.2, 0) is 20.8 Å². The number of para-hydroxylation sites is 1. The van der Waals surface area contributed by atoms with E-state index in [0.717, 1.165) is 27.7 Å². The number of nitrogens with zero attached hydrogens (tertiary/aromatic N) is 1. The van der Waals surface area contributed by atoms with Gasteiger partial charge in [0.1, 0.15) is 5.75 Å². The first kappa shape index (κ1) is 27.0. The lowest BCUT2D eigenvalue weighted by atomic mass is 9.93. The summed E-state index contributed by atoms with van der Waals surface area (Å²) in [5.74, 6) is 1.15. The van der Waals surface area contributed by atoms with Gasteiger partial charge in [-0.05, 0) is 84.5 Å². The maximum Gasteiger partial charge on any atom is 0.311 e. The number of carbonyl (C=O) groups excluding carboxylic acids is 3. The first-order valence-electron chi connectivity index (χ1n) is 12.2. The molecule has 1 aliphatic heterocycles. The van der Waals surface area contributed by atoms with Crippen molar-refractivity contribution in [2.24, 2.45) is 5.92 Å². The molecule has 2 amide bonds. The predicted molar refractivity (Wildman–Crippen MR) is 144 cm³/mol. The Labute approximate surface area is 220 Å². The molecule has 2 aromatic carbocycles. The maximum atomic E-state index is 12.7. The van der Waals surface area contributed by atoms with Crippen LogP contribution in [-0.4, -0.2) is 42.4 Å². The van der Waals surface area contributed by atoms with Gasteiger partial charge in [-0.15, -0.1) is 0 Å². The van der Waals surface area contributed by atoms with Crippen LogP contribution < -0.4 is 14.8 Å². The first-order chi connectivity index (χ1) is 16.9. The van der Waals surface area contributed by atoms with Crippen molar-refractivity contribution in [1.82, 2.24) is 4.90 Å². The van der Waals surface area contributed by atoms with Crippen LogP contribution in [0.5, 0.6) is 11.5 Å². The first-order valence-corrected chi connectivity index (χ1v) is 13.3. The van der Waals surface area contributed by atoms with Gasteiger partial charge in [0.2, 0.25) is 11.8 Å². The second-order valence-electron chi connectivity index (χ2n) is 8.60. The number of rotatable bonds is 10. The summed E-state index contributed by atoms with van der Waals surface area (Å²) in [6.07, 6.45) is 3.41. The van der Waals surface area contributed by atoms with E-state index in [2.05, 4.69) is 27.9 Å². The van der Waals surface area contributed by atoms with E-state index in [9.17, 15) is 14.4 Å². The molecule has 1 saturated heterocycles. The van der Waals surface area contributed by atoms with Gasteiger partial charge in [0.25, 0.3) is 0 Å². The number of ether oxygens (including phenoxy) is 2. The Hall–Kier alpha value is -2.62. The average Bonchev–Trinajstić information content (AvgIpc) is 2.86. The van der Waals surface area contributed by atoms with Crippen molar-refractivity contribution < 1.29 is 23.9 Å². The van der Waals surface area contributed by atoms with Crippen molar-refractivity contribution >= 4 is 46.1 Å². The van der Waals surface area contributed by atoms with E-state index in [4.69, 9.17) is 9.47 Å². The molecule has 0 unspecified atom stereocenters. The van der Waals surface area contributed by atoms with Crippen LogP contribution in [0.2, 0.25) is 0 Å². The maximum absolute atomic E-state index is 12.7. The number of aryl methyl sites for hydroxylation is 1. The molecule has 8 heteroatoms. The highest BCUT2D eigenvalue weighted by atomic mass is 127. The molecule has 1 heterocycles. The monoisotopic (exact) mass is 592 g/mol. The van der Waals surface area contributed by atoms with Crippen LogP contribution >= 0.6 is 22.6 Å². The molecule has 0 bridgehead atoms. The summed E-state index contributed by atoms with van der Waals surface area (Å²) in [6, 6.07) is 13.3. The fourth-order valence-electron chi connectivity index (χ4n) is 4.08. The van der Waals surface area contributed by atoms with Gasteiger partial charge in [0.05, 0.1) is 15.9 Å². The Balaban J connectivity index is 1.44. The van der Waals surface area contributed by atoms with Crippen LogP contribution in [0.1, 0.15) is 51.5 Å². The minimum atomic E-state index is -0.343. The molecule has 1 N–H and O–H groups in total. The van der Waals surface area contributed by atoms with E-state index in [1.165, 1.54) is 0 Å². The topological polar surface area (TPSA) is 84.9 Å². The van der Waals surface area contributed by atoms with Gasteiger partial charge in [-0.1, -0.05) is 25.1 Å². The fourth-order valence-corrected chi connectivity index (χ4v) is 4.68. The van der Waals surface area contributed by atoms with Crippen LogP contribution in [0.3, 0.4) is 0 Å². The van der Waals surface area contributed by atoms with Gasteiger partial charge in [-0.2, -0.15) is 0 Å². The van der Waals surface area contributed by atoms with E-state index in [1.54, 1.807) is 13.0 Å². The number of carbonyl (C=O) groups is 3. The number of benzene rings is 2. The number of amides is 2. The third-order valence-corrected chi connectivity index (χ3v) is 6.90. The number of anilines is 1. The number of hydrogen-bond donors (Lipinski definition) is 1. The Morgan fingerprint density at radius 1 is 1.06 bits per heavy atom. The largest absolute Gasteiger partial charge is 0.494 e. The van der Waals surface area contributed by atoms with Gasteiger partial charge in [-0.25, -0.2) is 0 Å². The third-order valence-electron chi connectivity index (χ3n) is 6.05. The summed E-state index contributed by atoms with van der Waals surface area (Å²) in [7, 11) is 0. The summed E-state index contributed by atoms with van der Waals surface area (Å²) in [5.41, 5.74) is 1.62. The zero-order chi connectivity index (χ0) is 25.2. The molecule has 1 aliphatic rings. The molecular weight excluding hydrogens is 559 g/mol. The van der Waals surface area contributed by atoms with Crippen molar-refractivity contribution in [3.05, 3.63) is 51.6 Å². The van der Waals surface area contributed by atoms with E-state index in [-0.39, 0.29) is 30.1 Å². The fraction of sp³-hybridized carbons (Fsp3) is 0.444. The molecule has 35 heavy (non-hydrogen) atoms. The van der Waals surface area contributed by atoms with E-state index in [0.29, 0.717) is 50.4 Å². The van der Waals surface area contributed by atoms with Crippen molar-refractivity contribution in [1.29, 1.82) is 0 Å². The van der Waals surface area contributed by atoms with Crippen LogP contribution in [0, 0.1) is 9.49 Å². The summed E-state index contributed by atoms with van der Waals surface area (Å²) >= 11 is 2.09. The van der Waals surface area contributed by atoms with Crippen LogP contribution in [0.25, 0.3) is 0 Å². The quantitative estimate of drug-likeness (QED) is 0.233. The van der Waals surface area contributed by atoms with Crippen molar-refractivity contribution in [3.8, 4) is 11.5 Å². The Morgan fingerprint density at radius 2 is 1.77 bits per heavy atom. The van der Waals surface area contributed by atoms with Crippen molar-refractivity contribution in [3.63, 3.8) is 0 Å². The second kappa shape index (κ2) is 13.5. The predicted octanol–water partition coefficient (Wildman–Crippen LogP) is 5.21. The highest BCUT2D eigenvalue weighted by Gasteiger charge is 2.25. The molecule has 1 fully saturated rings. The van der Waals surface area contributed by atoms with Crippen LogP contribution in [0.15, 0.2) is 42.5 Å². The smallest absolute Gasteiger partial charge is 0.311 e. The highest BCUT2D eigenvalue weighted by molar-refractivity contribution is 14.1. The number of likely N-dealkylation sites (tertiary alicyclic amines) is 1. The number of nitrogens with one attached hydrogen (secondary N) is 1. The molecule has 7 nitrogen and oxygen atoms in total. The SMILES string of the molecule is CCOc1ccc(CCC(=O)N2CCC(CC(=O)Nc3cccc(I)c3OC(=O)CC)CC2)cc1. The molecular formula is C27H33IN2O5. The van der Waals surface area contributed by atoms with Gasteiger partial charge >= 0.3 is 5.97 Å². The molecule has 3 rings (SSSR count). The molecule has 0 aromatic heterocycles. The molecule has 0 saturated carbocycles. The Bertz CT molecular complexity index is 1020. The van der Waals surface area contributed by atoms with Crippen molar-refractivity contribution in [2.75, 3.05) is 25.0 Å². The summed E-state index contributed by atoms with van der Waals surface area (Å²) in [6.45, 7) is 5.66. The number of piperidine rings is 1. The van der Waals surface area contributed by atoms with E-state index in [1.807, 2.05) is 48.2 Å². The third kappa shape index (κ3) is 8.23. The van der Waals surface area contributed by atoms with Gasteiger partial charge in [-0.3, -0.25) is 14.4 Å². The lowest BCUT2D eigenvalue weighted by molar-refractivity contribution is -0.134. The minimum Gasteiger partial charge on any atom is -0.494 e. The van der Waals surface area contributed by atoms with Gasteiger partial charge in [0, 0.05) is 32.4 Å². The Morgan fingerprint density at radius 3 is 2.43 bits per heavy atom.